The molecule has 5 heteroatoms. The molecule has 2 heterocycles. The summed E-state index contributed by atoms with van der Waals surface area (Å²) in [4.78, 5) is 6.35. The van der Waals surface area contributed by atoms with Crippen LogP contribution in [-0.4, -0.2) is 24.1 Å². The minimum Gasteiger partial charge on any atom is -0.369 e. The molecule has 112 valence electrons. The van der Waals surface area contributed by atoms with Gasteiger partial charge in [0.2, 0.25) is 0 Å². The monoisotopic (exact) mass is 291 g/mol. The van der Waals surface area contributed by atoms with E-state index in [9.17, 15) is 8.78 Å². The molecule has 0 amide bonds. The number of nitrogens with two attached hydrogens (primary N) is 1. The lowest BCUT2D eigenvalue weighted by Gasteiger charge is -2.37. The van der Waals surface area contributed by atoms with Crippen LogP contribution in [0.5, 0.6) is 0 Å². The molecule has 1 fully saturated rings. The molecule has 1 aromatic heterocycles. The summed E-state index contributed by atoms with van der Waals surface area (Å²) in [6.07, 6.45) is 0.0451. The van der Waals surface area contributed by atoms with E-state index in [1.165, 1.54) is 6.07 Å². The number of fused-ring (bicyclic) bond motifs is 1. The van der Waals surface area contributed by atoms with Crippen LogP contribution in [0, 0.1) is 5.92 Å². The molecule has 1 aliphatic rings. The molecule has 0 radical (unpaired) electrons. The zero-order valence-corrected chi connectivity index (χ0v) is 12.0. The minimum atomic E-state index is -2.51. The summed E-state index contributed by atoms with van der Waals surface area (Å²) in [5, 5.41) is 0.775. The van der Waals surface area contributed by atoms with E-state index >= 15 is 0 Å². The van der Waals surface area contributed by atoms with Crippen molar-refractivity contribution in [3.8, 4) is 0 Å². The largest absolute Gasteiger partial charge is 0.369 e. The Labute approximate surface area is 122 Å². The van der Waals surface area contributed by atoms with Gasteiger partial charge in [-0.05, 0) is 36.6 Å². The maximum Gasteiger partial charge on any atom is 0.265 e. The van der Waals surface area contributed by atoms with Crippen molar-refractivity contribution in [3.05, 3.63) is 36.0 Å². The number of benzene rings is 1. The quantitative estimate of drug-likeness (QED) is 0.922. The number of nitrogens with zero attached hydrogens (tertiary/aromatic N) is 2. The van der Waals surface area contributed by atoms with Crippen molar-refractivity contribution < 1.29 is 8.78 Å². The molecule has 2 N–H and O–H groups in total. The van der Waals surface area contributed by atoms with Crippen molar-refractivity contribution in [1.29, 1.82) is 0 Å². The summed E-state index contributed by atoms with van der Waals surface area (Å²) in [7, 11) is 0. The summed E-state index contributed by atoms with van der Waals surface area (Å²) in [6.45, 7) is 3.81. The molecule has 2 aromatic rings. The highest BCUT2D eigenvalue weighted by Crippen LogP contribution is 2.34. The van der Waals surface area contributed by atoms with Crippen molar-refractivity contribution in [1.82, 2.24) is 4.98 Å². The predicted octanol–water partition coefficient (Wildman–Crippen LogP) is 3.35. The van der Waals surface area contributed by atoms with E-state index in [0.29, 0.717) is 11.4 Å². The van der Waals surface area contributed by atoms with Gasteiger partial charge in [0.15, 0.2) is 0 Å². The van der Waals surface area contributed by atoms with E-state index in [1.807, 2.05) is 6.07 Å². The third-order valence-corrected chi connectivity index (χ3v) is 4.05. The standard InChI is InChI=1S/C16H19F2N3/c1-10-7-11(19)9-21(8-10)14-5-4-13(16(17)18)15-12(14)3-2-6-20-15/h2-6,10-11,16H,7-9,19H2,1H3/t10-,11+/m1/s1. The summed E-state index contributed by atoms with van der Waals surface area (Å²) >= 11 is 0. The van der Waals surface area contributed by atoms with Crippen LogP contribution in [-0.2, 0) is 0 Å². The second-order valence-corrected chi connectivity index (χ2v) is 5.88. The maximum absolute atomic E-state index is 13.1. The Morgan fingerprint density at radius 1 is 1.29 bits per heavy atom. The zero-order valence-electron chi connectivity index (χ0n) is 12.0. The van der Waals surface area contributed by atoms with Crippen LogP contribution in [0.2, 0.25) is 0 Å². The molecule has 3 nitrogen and oxygen atoms in total. The fraction of sp³-hybridized carbons (Fsp3) is 0.438. The number of pyridine rings is 1. The van der Waals surface area contributed by atoms with Crippen molar-refractivity contribution in [2.24, 2.45) is 11.7 Å². The van der Waals surface area contributed by atoms with Gasteiger partial charge in [-0.15, -0.1) is 0 Å². The molecule has 0 unspecified atom stereocenters. The normalized spacial score (nSPS) is 23.0. The van der Waals surface area contributed by atoms with Crippen molar-refractivity contribution in [2.45, 2.75) is 25.8 Å². The average Bonchev–Trinajstić information content (AvgIpc) is 2.44. The molecule has 1 saturated heterocycles. The van der Waals surface area contributed by atoms with Crippen LogP contribution in [0.25, 0.3) is 10.9 Å². The molecule has 0 spiro atoms. The van der Waals surface area contributed by atoms with Crippen LogP contribution < -0.4 is 10.6 Å². The molecule has 3 rings (SSSR count). The fourth-order valence-electron chi connectivity index (χ4n) is 3.23. The van der Waals surface area contributed by atoms with Gasteiger partial charge in [0.1, 0.15) is 0 Å². The number of piperidine rings is 1. The van der Waals surface area contributed by atoms with Crippen molar-refractivity contribution >= 4 is 16.6 Å². The van der Waals surface area contributed by atoms with Gasteiger partial charge in [0, 0.05) is 42.0 Å². The Morgan fingerprint density at radius 3 is 2.81 bits per heavy atom. The van der Waals surface area contributed by atoms with Gasteiger partial charge >= 0.3 is 0 Å². The smallest absolute Gasteiger partial charge is 0.265 e. The number of alkyl halides is 2. The average molecular weight is 291 g/mol. The third-order valence-electron chi connectivity index (χ3n) is 4.05. The van der Waals surface area contributed by atoms with Crippen LogP contribution in [0.1, 0.15) is 25.3 Å². The topological polar surface area (TPSA) is 42.1 Å². The highest BCUT2D eigenvalue weighted by Gasteiger charge is 2.24. The lowest BCUT2D eigenvalue weighted by Crippen LogP contribution is -2.46. The lowest BCUT2D eigenvalue weighted by atomic mass is 9.95. The van der Waals surface area contributed by atoms with Crippen LogP contribution in [0.15, 0.2) is 30.5 Å². The third kappa shape index (κ3) is 2.70. The van der Waals surface area contributed by atoms with Crippen molar-refractivity contribution in [3.63, 3.8) is 0 Å². The van der Waals surface area contributed by atoms with Gasteiger partial charge in [-0.25, -0.2) is 8.78 Å². The van der Waals surface area contributed by atoms with E-state index < -0.39 is 6.43 Å². The molecule has 0 saturated carbocycles. The van der Waals surface area contributed by atoms with E-state index in [0.717, 1.165) is 30.6 Å². The highest BCUT2D eigenvalue weighted by molar-refractivity contribution is 5.94. The van der Waals surface area contributed by atoms with Gasteiger partial charge in [-0.2, -0.15) is 0 Å². The fourth-order valence-corrected chi connectivity index (χ4v) is 3.23. The summed E-state index contributed by atoms with van der Waals surface area (Å²) < 4.78 is 26.2. The number of aromatic nitrogens is 1. The molecule has 1 aliphatic heterocycles. The zero-order chi connectivity index (χ0) is 15.0. The molecular formula is C16H19F2N3. The molecular weight excluding hydrogens is 272 g/mol. The van der Waals surface area contributed by atoms with Gasteiger partial charge in [0.25, 0.3) is 6.43 Å². The summed E-state index contributed by atoms with van der Waals surface area (Å²) in [6, 6.07) is 7.02. The molecule has 0 bridgehead atoms. The van der Waals surface area contributed by atoms with E-state index in [1.54, 1.807) is 18.3 Å². The predicted molar refractivity (Wildman–Crippen MR) is 80.7 cm³/mol. The maximum atomic E-state index is 13.1. The Bertz CT molecular complexity index is 634. The first-order valence-electron chi connectivity index (χ1n) is 7.22. The van der Waals surface area contributed by atoms with Crippen LogP contribution >= 0.6 is 0 Å². The number of halogens is 2. The Balaban J connectivity index is 2.09. The first-order chi connectivity index (χ1) is 10.1. The van der Waals surface area contributed by atoms with Crippen molar-refractivity contribution in [2.75, 3.05) is 18.0 Å². The van der Waals surface area contributed by atoms with Crippen LogP contribution in [0.3, 0.4) is 0 Å². The van der Waals surface area contributed by atoms with E-state index in [-0.39, 0.29) is 11.6 Å². The number of hydrogen-bond donors (Lipinski definition) is 1. The first kappa shape index (κ1) is 14.2. The lowest BCUT2D eigenvalue weighted by molar-refractivity contribution is 0.153. The minimum absolute atomic E-state index is 0.0105. The summed E-state index contributed by atoms with van der Waals surface area (Å²) in [5.74, 6) is 0.496. The SMILES string of the molecule is C[C@@H]1C[C@H](N)CN(c2ccc(C(F)F)c3ncccc23)C1. The van der Waals surface area contributed by atoms with Gasteiger partial charge in [-0.1, -0.05) is 6.92 Å². The van der Waals surface area contributed by atoms with Gasteiger partial charge in [-0.3, -0.25) is 4.98 Å². The summed E-state index contributed by atoms with van der Waals surface area (Å²) in [5.41, 5.74) is 7.42. The Hall–Kier alpha value is -1.75. The van der Waals surface area contributed by atoms with Gasteiger partial charge < -0.3 is 10.6 Å². The number of hydrogen-bond acceptors (Lipinski definition) is 3. The van der Waals surface area contributed by atoms with E-state index in [4.69, 9.17) is 5.73 Å². The van der Waals surface area contributed by atoms with E-state index in [2.05, 4.69) is 16.8 Å². The second kappa shape index (κ2) is 5.56. The molecule has 21 heavy (non-hydrogen) atoms. The molecule has 2 atom stereocenters. The number of anilines is 1. The Kier molecular flexibility index (Phi) is 3.76. The molecule has 1 aromatic carbocycles. The highest BCUT2D eigenvalue weighted by atomic mass is 19.3. The van der Waals surface area contributed by atoms with Gasteiger partial charge in [0.05, 0.1) is 5.52 Å². The first-order valence-corrected chi connectivity index (χ1v) is 7.22. The Morgan fingerprint density at radius 2 is 2.10 bits per heavy atom. The van der Waals surface area contributed by atoms with Crippen LogP contribution in [0.4, 0.5) is 14.5 Å². The number of rotatable bonds is 2. The second-order valence-electron chi connectivity index (χ2n) is 5.88. The molecule has 0 aliphatic carbocycles.